The number of hydrogen-bond acceptors (Lipinski definition) is 1. The Hall–Kier alpha value is -0.210. The van der Waals surface area contributed by atoms with E-state index in [9.17, 15) is 4.79 Å². The zero-order valence-electron chi connectivity index (χ0n) is 6.97. The zero-order valence-corrected chi connectivity index (χ0v) is 8.49. The molecule has 0 aromatic rings. The third-order valence-electron chi connectivity index (χ3n) is 2.52. The molecule has 1 aliphatic carbocycles. The van der Waals surface area contributed by atoms with Gasteiger partial charge in [-0.15, -0.1) is 0 Å². The summed E-state index contributed by atoms with van der Waals surface area (Å²) in [5.41, 5.74) is 5.10. The Labute approximate surface area is 81.7 Å². The standard InChI is InChI=1S/C8H11Cl2NO/c1-8(2)4(3-5(9)10)6(8)7(11)12/h3-4,6H,1-2H3,(H2,11,12)/t4-,6-/m1/s1. The predicted molar refractivity (Wildman–Crippen MR) is 49.7 cm³/mol. The SMILES string of the molecule is CC1(C)[C@H](C=C(Cl)Cl)[C@@H]1C(N)=O. The Morgan fingerprint density at radius 1 is 1.50 bits per heavy atom. The Kier molecular flexibility index (Phi) is 2.41. The first kappa shape index (κ1) is 9.87. The van der Waals surface area contributed by atoms with Gasteiger partial charge in [0.25, 0.3) is 0 Å². The lowest BCUT2D eigenvalue weighted by molar-refractivity contribution is -0.119. The van der Waals surface area contributed by atoms with Crippen LogP contribution < -0.4 is 5.73 Å². The molecule has 12 heavy (non-hydrogen) atoms. The highest BCUT2D eigenvalue weighted by molar-refractivity contribution is 6.55. The number of rotatable bonds is 2. The van der Waals surface area contributed by atoms with Gasteiger partial charge in [-0.05, 0) is 17.4 Å². The van der Waals surface area contributed by atoms with Crippen molar-refractivity contribution < 1.29 is 4.79 Å². The summed E-state index contributed by atoms with van der Waals surface area (Å²) in [4.78, 5) is 10.9. The summed E-state index contributed by atoms with van der Waals surface area (Å²) in [5, 5.41) is 0. The molecule has 2 atom stereocenters. The van der Waals surface area contributed by atoms with E-state index in [1.807, 2.05) is 13.8 Å². The maximum Gasteiger partial charge on any atom is 0.221 e. The minimum Gasteiger partial charge on any atom is -0.369 e. The quantitative estimate of drug-likeness (QED) is 0.741. The van der Waals surface area contributed by atoms with E-state index in [-0.39, 0.29) is 27.6 Å². The molecule has 0 spiro atoms. The second kappa shape index (κ2) is 2.93. The first-order valence-corrected chi connectivity index (χ1v) is 4.45. The van der Waals surface area contributed by atoms with Crippen LogP contribution in [-0.2, 0) is 4.79 Å². The van der Waals surface area contributed by atoms with E-state index >= 15 is 0 Å². The van der Waals surface area contributed by atoms with Crippen LogP contribution in [0.25, 0.3) is 0 Å². The normalized spacial score (nSPS) is 31.0. The van der Waals surface area contributed by atoms with Crippen LogP contribution in [0.1, 0.15) is 13.8 Å². The number of halogens is 2. The minimum absolute atomic E-state index is 0.0825. The maximum atomic E-state index is 10.9. The van der Waals surface area contributed by atoms with E-state index in [4.69, 9.17) is 28.9 Å². The molecule has 2 N–H and O–H groups in total. The molecule has 0 bridgehead atoms. The largest absolute Gasteiger partial charge is 0.369 e. The molecule has 1 saturated carbocycles. The monoisotopic (exact) mass is 207 g/mol. The number of hydrogen-bond donors (Lipinski definition) is 1. The van der Waals surface area contributed by atoms with Crippen molar-refractivity contribution in [3.05, 3.63) is 10.6 Å². The lowest BCUT2D eigenvalue weighted by Gasteiger charge is -1.96. The Bertz CT molecular complexity index is 243. The first-order valence-electron chi connectivity index (χ1n) is 3.69. The van der Waals surface area contributed by atoms with E-state index in [0.717, 1.165) is 0 Å². The summed E-state index contributed by atoms with van der Waals surface area (Å²) in [6.45, 7) is 3.95. The second-order valence-corrected chi connectivity index (χ2v) is 4.69. The van der Waals surface area contributed by atoms with Crippen LogP contribution in [0, 0.1) is 17.3 Å². The second-order valence-electron chi connectivity index (χ2n) is 3.68. The molecule has 1 aliphatic rings. The molecule has 1 fully saturated rings. The van der Waals surface area contributed by atoms with Gasteiger partial charge in [-0.3, -0.25) is 4.79 Å². The molecule has 0 aromatic heterocycles. The number of primary amides is 1. The Morgan fingerprint density at radius 3 is 2.25 bits per heavy atom. The summed E-state index contributed by atoms with van der Waals surface area (Å²) in [7, 11) is 0. The third kappa shape index (κ3) is 1.59. The smallest absolute Gasteiger partial charge is 0.221 e. The van der Waals surface area contributed by atoms with Gasteiger partial charge in [0.15, 0.2) is 0 Å². The molecule has 0 unspecified atom stereocenters. The topological polar surface area (TPSA) is 43.1 Å². The Morgan fingerprint density at radius 2 is 2.00 bits per heavy atom. The molecule has 0 heterocycles. The fourth-order valence-electron chi connectivity index (χ4n) is 1.67. The zero-order chi connectivity index (χ0) is 9.52. The number of nitrogens with two attached hydrogens (primary N) is 1. The van der Waals surface area contributed by atoms with E-state index in [1.54, 1.807) is 6.08 Å². The number of amides is 1. The van der Waals surface area contributed by atoms with Crippen LogP contribution in [0.4, 0.5) is 0 Å². The molecule has 0 saturated heterocycles. The predicted octanol–water partition coefficient (Wildman–Crippen LogP) is 2.06. The number of allylic oxidation sites excluding steroid dienone is 1. The van der Waals surface area contributed by atoms with Crippen LogP contribution in [0.5, 0.6) is 0 Å². The lowest BCUT2D eigenvalue weighted by Crippen LogP contribution is -2.16. The minimum atomic E-state index is -0.282. The van der Waals surface area contributed by atoms with Gasteiger partial charge >= 0.3 is 0 Å². The molecular formula is C8H11Cl2NO. The molecule has 0 radical (unpaired) electrons. The van der Waals surface area contributed by atoms with Gasteiger partial charge in [0, 0.05) is 0 Å². The molecule has 4 heteroatoms. The van der Waals surface area contributed by atoms with Crippen molar-refractivity contribution >= 4 is 29.1 Å². The maximum absolute atomic E-state index is 10.9. The van der Waals surface area contributed by atoms with Gasteiger partial charge < -0.3 is 5.73 Å². The molecular weight excluding hydrogens is 197 g/mol. The van der Waals surface area contributed by atoms with Gasteiger partial charge in [0.05, 0.1) is 5.92 Å². The van der Waals surface area contributed by atoms with E-state index in [0.29, 0.717) is 0 Å². The molecule has 1 amide bonds. The molecule has 2 nitrogen and oxygen atoms in total. The summed E-state index contributed by atoms with van der Waals surface area (Å²) < 4.78 is 0.205. The van der Waals surface area contributed by atoms with Crippen molar-refractivity contribution in [1.82, 2.24) is 0 Å². The molecule has 1 rings (SSSR count). The number of carbonyl (C=O) groups is 1. The van der Waals surface area contributed by atoms with Crippen LogP contribution in [0.15, 0.2) is 10.6 Å². The van der Waals surface area contributed by atoms with Crippen LogP contribution in [0.2, 0.25) is 0 Å². The van der Waals surface area contributed by atoms with Crippen molar-refractivity contribution in [2.75, 3.05) is 0 Å². The fourth-order valence-corrected chi connectivity index (χ4v) is 1.94. The van der Waals surface area contributed by atoms with Crippen LogP contribution in [0.3, 0.4) is 0 Å². The van der Waals surface area contributed by atoms with Crippen molar-refractivity contribution in [3.8, 4) is 0 Å². The highest BCUT2D eigenvalue weighted by Gasteiger charge is 2.59. The molecule has 0 aromatic carbocycles. The summed E-state index contributed by atoms with van der Waals surface area (Å²) in [6, 6.07) is 0. The van der Waals surface area contributed by atoms with E-state index < -0.39 is 0 Å². The van der Waals surface area contributed by atoms with Crippen molar-refractivity contribution in [2.45, 2.75) is 13.8 Å². The Balaban J connectivity index is 2.73. The van der Waals surface area contributed by atoms with E-state index in [2.05, 4.69) is 0 Å². The van der Waals surface area contributed by atoms with Gasteiger partial charge in [-0.25, -0.2) is 0 Å². The number of carbonyl (C=O) groups excluding carboxylic acids is 1. The average Bonchev–Trinajstić information content (AvgIpc) is 2.32. The van der Waals surface area contributed by atoms with E-state index in [1.165, 1.54) is 0 Å². The highest BCUT2D eigenvalue weighted by Crippen LogP contribution is 2.59. The van der Waals surface area contributed by atoms with Gasteiger partial charge in [0.1, 0.15) is 4.49 Å². The summed E-state index contributed by atoms with van der Waals surface area (Å²) in [6.07, 6.45) is 1.68. The lowest BCUT2D eigenvalue weighted by atomic mass is 10.1. The first-order chi connectivity index (χ1) is 5.37. The van der Waals surface area contributed by atoms with Gasteiger partial charge in [-0.2, -0.15) is 0 Å². The average molecular weight is 208 g/mol. The van der Waals surface area contributed by atoms with Crippen molar-refractivity contribution in [2.24, 2.45) is 23.0 Å². The van der Waals surface area contributed by atoms with Gasteiger partial charge in [0.2, 0.25) is 5.91 Å². The highest BCUT2D eigenvalue weighted by atomic mass is 35.5. The molecule has 0 aliphatic heterocycles. The van der Waals surface area contributed by atoms with Gasteiger partial charge in [-0.1, -0.05) is 37.0 Å². The van der Waals surface area contributed by atoms with Crippen LogP contribution in [-0.4, -0.2) is 5.91 Å². The van der Waals surface area contributed by atoms with Crippen LogP contribution >= 0.6 is 23.2 Å². The van der Waals surface area contributed by atoms with Crippen molar-refractivity contribution in [3.63, 3.8) is 0 Å². The van der Waals surface area contributed by atoms with Crippen molar-refractivity contribution in [1.29, 1.82) is 0 Å². The summed E-state index contributed by atoms with van der Waals surface area (Å²) in [5.74, 6) is -0.305. The fraction of sp³-hybridized carbons (Fsp3) is 0.625. The molecule has 68 valence electrons. The third-order valence-corrected chi connectivity index (χ3v) is 2.77. The summed E-state index contributed by atoms with van der Waals surface area (Å²) >= 11 is 11.0.